The molecule has 1 aromatic carbocycles. The second kappa shape index (κ2) is 7.48. The molecule has 33 heavy (non-hydrogen) atoms. The number of fused-ring (bicyclic) bond motifs is 2. The first kappa shape index (κ1) is 21.8. The second-order valence-electron chi connectivity index (χ2n) is 9.42. The van der Waals surface area contributed by atoms with Gasteiger partial charge in [0, 0.05) is 22.7 Å². The number of nitrogens with one attached hydrogen (secondary N) is 2. The molecule has 1 aliphatic carbocycles. The quantitative estimate of drug-likeness (QED) is 0.413. The number of imidazole rings is 1. The molecule has 0 unspecified atom stereocenters. The molecule has 1 aliphatic rings. The van der Waals surface area contributed by atoms with E-state index < -0.39 is 29.2 Å². The van der Waals surface area contributed by atoms with Gasteiger partial charge in [-0.25, -0.2) is 13.8 Å². The summed E-state index contributed by atoms with van der Waals surface area (Å²) in [5.41, 5.74) is 1.88. The van der Waals surface area contributed by atoms with E-state index in [1.54, 1.807) is 23.0 Å². The Morgan fingerprint density at radius 3 is 2.73 bits per heavy atom. The Morgan fingerprint density at radius 1 is 1.33 bits per heavy atom. The van der Waals surface area contributed by atoms with Crippen molar-refractivity contribution in [3.8, 4) is 11.3 Å². The highest BCUT2D eigenvalue weighted by molar-refractivity contribution is 6.35. The largest absolute Gasteiger partial charge is 0.309 e. The van der Waals surface area contributed by atoms with E-state index in [1.165, 1.54) is 6.20 Å². The Labute approximate surface area is 193 Å². The molecule has 3 heterocycles. The number of halogens is 3. The van der Waals surface area contributed by atoms with E-state index in [4.69, 9.17) is 11.6 Å². The fraction of sp³-hybridized carbons (Fsp3) is 0.391. The number of alkyl halides is 1. The van der Waals surface area contributed by atoms with E-state index >= 15 is 4.39 Å². The van der Waals surface area contributed by atoms with Crippen LogP contribution < -0.4 is 5.32 Å². The minimum atomic E-state index is -1.09. The molecule has 0 radical (unpaired) electrons. The van der Waals surface area contributed by atoms with Crippen LogP contribution in [0.1, 0.15) is 39.7 Å². The van der Waals surface area contributed by atoms with Crippen LogP contribution >= 0.6 is 11.6 Å². The van der Waals surface area contributed by atoms with Gasteiger partial charge >= 0.3 is 0 Å². The third-order valence-corrected chi connectivity index (χ3v) is 7.13. The molecule has 0 aliphatic heterocycles. The van der Waals surface area contributed by atoms with Crippen LogP contribution in [0.25, 0.3) is 27.8 Å². The number of nitrogens with zero attached hydrogens (tertiary/aromatic N) is 4. The zero-order valence-electron chi connectivity index (χ0n) is 18.6. The third kappa shape index (κ3) is 3.45. The average Bonchev–Trinajstić information content (AvgIpc) is 3.12. The molecule has 5 rings (SSSR count). The van der Waals surface area contributed by atoms with Crippen LogP contribution in [-0.4, -0.2) is 36.6 Å². The molecule has 172 valence electrons. The molecule has 2 atom stereocenters. The van der Waals surface area contributed by atoms with Crippen molar-refractivity contribution >= 4 is 39.9 Å². The lowest BCUT2D eigenvalue weighted by molar-refractivity contribution is -0.117. The zero-order valence-corrected chi connectivity index (χ0v) is 19.3. The highest BCUT2D eigenvalue weighted by Gasteiger charge is 2.43. The molecule has 2 N–H and O–H groups in total. The minimum absolute atomic E-state index is 0.0316. The summed E-state index contributed by atoms with van der Waals surface area (Å²) in [6, 6.07) is 0. The number of carbonyl (C=O) groups excluding carboxylic acids is 1. The first-order valence-electron chi connectivity index (χ1n) is 10.7. The van der Waals surface area contributed by atoms with Crippen LogP contribution in [0.2, 0.25) is 5.02 Å². The predicted molar refractivity (Wildman–Crippen MR) is 123 cm³/mol. The van der Waals surface area contributed by atoms with Crippen molar-refractivity contribution in [2.45, 2.75) is 45.7 Å². The van der Waals surface area contributed by atoms with Gasteiger partial charge in [-0.05, 0) is 17.8 Å². The number of aromatic nitrogens is 5. The summed E-state index contributed by atoms with van der Waals surface area (Å²) in [6.45, 7) is 8.02. The monoisotopic (exact) mass is 472 g/mol. The molecule has 0 saturated heterocycles. The first-order valence-corrected chi connectivity index (χ1v) is 11.1. The Kier molecular flexibility index (Phi) is 4.93. The molecular weight excluding hydrogens is 450 g/mol. The van der Waals surface area contributed by atoms with Gasteiger partial charge in [-0.2, -0.15) is 5.10 Å². The second-order valence-corrected chi connectivity index (χ2v) is 9.80. The number of carbonyl (C=O) groups is 1. The van der Waals surface area contributed by atoms with Crippen molar-refractivity contribution in [3.05, 3.63) is 41.2 Å². The van der Waals surface area contributed by atoms with E-state index in [-0.39, 0.29) is 23.2 Å². The summed E-state index contributed by atoms with van der Waals surface area (Å²) in [7, 11) is 0. The van der Waals surface area contributed by atoms with Crippen LogP contribution in [0.4, 0.5) is 14.6 Å². The number of rotatable bonds is 5. The van der Waals surface area contributed by atoms with Gasteiger partial charge in [-0.1, -0.05) is 39.3 Å². The highest BCUT2D eigenvalue weighted by Crippen LogP contribution is 2.44. The smallest absolute Gasteiger partial charge is 0.231 e. The molecule has 3 aromatic heterocycles. The van der Waals surface area contributed by atoms with Crippen molar-refractivity contribution in [2.75, 3.05) is 5.32 Å². The van der Waals surface area contributed by atoms with Crippen LogP contribution in [0.5, 0.6) is 0 Å². The molecule has 1 saturated carbocycles. The minimum Gasteiger partial charge on any atom is -0.309 e. The van der Waals surface area contributed by atoms with Gasteiger partial charge < -0.3 is 9.72 Å². The summed E-state index contributed by atoms with van der Waals surface area (Å²) >= 11 is 6.59. The zero-order chi connectivity index (χ0) is 23.7. The Morgan fingerprint density at radius 2 is 2.06 bits per heavy atom. The van der Waals surface area contributed by atoms with Crippen molar-refractivity contribution < 1.29 is 13.6 Å². The average molecular weight is 473 g/mol. The van der Waals surface area contributed by atoms with E-state index in [0.717, 1.165) is 0 Å². The number of aromatic amines is 1. The van der Waals surface area contributed by atoms with Crippen molar-refractivity contribution in [1.82, 2.24) is 24.6 Å². The van der Waals surface area contributed by atoms with Gasteiger partial charge in [0.25, 0.3) is 0 Å². The van der Waals surface area contributed by atoms with Crippen LogP contribution in [0.15, 0.2) is 24.8 Å². The Hall–Kier alpha value is -3.07. The van der Waals surface area contributed by atoms with Crippen molar-refractivity contribution in [1.29, 1.82) is 0 Å². The number of benzene rings is 1. The van der Waals surface area contributed by atoms with Gasteiger partial charge in [-0.15, -0.1) is 0 Å². The molecular formula is C23H23ClF2N6O. The molecule has 1 amide bonds. The molecule has 4 aromatic rings. The normalized spacial score (nSPS) is 18.4. The fourth-order valence-corrected chi connectivity index (χ4v) is 4.29. The summed E-state index contributed by atoms with van der Waals surface area (Å²) in [5.74, 6) is -1.08. The van der Waals surface area contributed by atoms with E-state index in [1.807, 2.05) is 27.7 Å². The maximum Gasteiger partial charge on any atom is 0.231 e. The van der Waals surface area contributed by atoms with E-state index in [0.29, 0.717) is 33.4 Å². The van der Waals surface area contributed by atoms with Crippen LogP contribution in [0, 0.1) is 17.7 Å². The maximum atomic E-state index is 15.7. The van der Waals surface area contributed by atoms with Crippen LogP contribution in [0.3, 0.4) is 0 Å². The summed E-state index contributed by atoms with van der Waals surface area (Å²) < 4.78 is 30.5. The maximum absolute atomic E-state index is 15.7. The lowest BCUT2D eigenvalue weighted by Crippen LogP contribution is -2.26. The van der Waals surface area contributed by atoms with Gasteiger partial charge in [0.05, 0.1) is 40.7 Å². The molecule has 7 nitrogen and oxygen atoms in total. The molecule has 10 heteroatoms. The Balaban J connectivity index is 1.61. The van der Waals surface area contributed by atoms with Crippen molar-refractivity contribution in [2.24, 2.45) is 11.8 Å². The molecule has 0 bridgehead atoms. The standard InChI is InChI=1S/C23H23ClF2N6O/c1-10(2)23(3,4)18-20(26)19(24)17(12-6-28-31-21(12)18)14-8-32-9-15(29-16(32)7-27-14)30-22(33)11-5-13(11)25/h6-11,13H,5H2,1-4H3,(H,28,31)(H,30,33)/t11-,13+/m1/s1. The highest BCUT2D eigenvalue weighted by atomic mass is 35.5. The van der Waals surface area contributed by atoms with Crippen LogP contribution in [-0.2, 0) is 10.2 Å². The van der Waals surface area contributed by atoms with Gasteiger partial charge in [0.2, 0.25) is 5.91 Å². The number of hydrogen-bond donors (Lipinski definition) is 2. The SMILES string of the molecule is CC(C)C(C)(C)c1c(F)c(Cl)c(-c2cn3cc(NC(=O)[C@@H]4C[C@@H]4F)nc3cn2)c2cn[nH]c12. The summed E-state index contributed by atoms with van der Waals surface area (Å²) in [5, 5.41) is 10.3. The molecule has 1 fully saturated rings. The van der Waals surface area contributed by atoms with E-state index in [9.17, 15) is 9.18 Å². The third-order valence-electron chi connectivity index (χ3n) is 6.78. The summed E-state index contributed by atoms with van der Waals surface area (Å²) in [6.07, 6.45) is 5.53. The number of H-pyrrole nitrogens is 1. The Bertz CT molecular complexity index is 1410. The number of hydrogen-bond acceptors (Lipinski definition) is 4. The van der Waals surface area contributed by atoms with E-state index in [2.05, 4.69) is 25.5 Å². The molecule has 0 spiro atoms. The van der Waals surface area contributed by atoms with Gasteiger partial charge in [0.15, 0.2) is 11.5 Å². The number of amides is 1. The lowest BCUT2D eigenvalue weighted by Gasteiger charge is -2.31. The van der Waals surface area contributed by atoms with Crippen molar-refractivity contribution in [3.63, 3.8) is 0 Å². The fourth-order valence-electron chi connectivity index (χ4n) is 4.00. The predicted octanol–water partition coefficient (Wildman–Crippen LogP) is 5.30. The van der Waals surface area contributed by atoms with Gasteiger partial charge in [0.1, 0.15) is 12.0 Å². The summed E-state index contributed by atoms with van der Waals surface area (Å²) in [4.78, 5) is 20.8. The first-order chi connectivity index (χ1) is 15.6. The topological polar surface area (TPSA) is 88.0 Å². The number of anilines is 1. The van der Waals surface area contributed by atoms with Gasteiger partial charge in [-0.3, -0.25) is 14.9 Å². The lowest BCUT2D eigenvalue weighted by atomic mass is 9.74.